The molecule has 0 saturated carbocycles. The number of fused-ring (bicyclic) bond motifs is 2. The smallest absolute Gasteiger partial charge is 0.243 e. The van der Waals surface area contributed by atoms with E-state index in [1.54, 1.807) is 18.2 Å². The lowest BCUT2D eigenvalue weighted by molar-refractivity contribution is -0.134. The molecule has 3 heterocycles. The second-order valence-electron chi connectivity index (χ2n) is 7.67. The third kappa shape index (κ3) is 3.12. The van der Waals surface area contributed by atoms with Gasteiger partial charge in [0.1, 0.15) is 5.75 Å². The minimum Gasteiger partial charge on any atom is -0.493 e. The number of piperidine rings is 1. The van der Waals surface area contributed by atoms with Gasteiger partial charge in [-0.1, -0.05) is 18.2 Å². The molecule has 1 fully saturated rings. The zero-order valence-electron chi connectivity index (χ0n) is 15.7. The van der Waals surface area contributed by atoms with Crippen molar-refractivity contribution < 1.29 is 22.7 Å². The van der Waals surface area contributed by atoms with E-state index in [1.807, 2.05) is 18.2 Å². The molecular formula is C21H20N2O5S. The summed E-state index contributed by atoms with van der Waals surface area (Å²) in [6, 6.07) is 10.7. The Kier molecular flexibility index (Phi) is 4.22. The Balaban J connectivity index is 1.40. The van der Waals surface area contributed by atoms with Crippen LogP contribution >= 0.6 is 0 Å². The summed E-state index contributed by atoms with van der Waals surface area (Å²) in [5.41, 5.74) is 3.58. The summed E-state index contributed by atoms with van der Waals surface area (Å²) < 4.78 is 33.3. The molecule has 1 N–H and O–H groups in total. The van der Waals surface area contributed by atoms with Crippen LogP contribution in [-0.4, -0.2) is 31.1 Å². The summed E-state index contributed by atoms with van der Waals surface area (Å²) in [6.07, 6.45) is 1.51. The SMILES string of the molecule is O=C1CCC(c2ccc3c(c2)CN(S(=O)(=O)c2ccc4c(c2)CCO4)C3)C(=O)N1. The zero-order valence-corrected chi connectivity index (χ0v) is 16.5. The van der Waals surface area contributed by atoms with Crippen molar-refractivity contribution in [3.63, 3.8) is 0 Å². The van der Waals surface area contributed by atoms with E-state index in [9.17, 15) is 18.0 Å². The Bertz CT molecular complexity index is 1140. The van der Waals surface area contributed by atoms with Crippen molar-refractivity contribution in [1.29, 1.82) is 0 Å². The maximum absolute atomic E-state index is 13.2. The van der Waals surface area contributed by atoms with Crippen LogP contribution in [-0.2, 0) is 39.1 Å². The van der Waals surface area contributed by atoms with Gasteiger partial charge in [-0.3, -0.25) is 14.9 Å². The van der Waals surface area contributed by atoms with Gasteiger partial charge in [-0.25, -0.2) is 8.42 Å². The average Bonchev–Trinajstić information content (AvgIpc) is 3.33. The number of amides is 2. The molecule has 7 nitrogen and oxygen atoms in total. The fourth-order valence-corrected chi connectivity index (χ4v) is 5.70. The quantitative estimate of drug-likeness (QED) is 0.777. The van der Waals surface area contributed by atoms with E-state index in [-0.39, 0.29) is 29.2 Å². The van der Waals surface area contributed by atoms with Crippen molar-refractivity contribution in [2.45, 2.75) is 43.2 Å². The predicted octanol–water partition coefficient (Wildman–Crippen LogP) is 1.85. The molecule has 1 atom stereocenters. The number of imide groups is 1. The van der Waals surface area contributed by atoms with Gasteiger partial charge in [-0.2, -0.15) is 4.31 Å². The van der Waals surface area contributed by atoms with Gasteiger partial charge in [0.05, 0.1) is 17.4 Å². The number of ether oxygens (including phenoxy) is 1. The number of benzene rings is 2. The monoisotopic (exact) mass is 412 g/mol. The van der Waals surface area contributed by atoms with Crippen LogP contribution in [0.15, 0.2) is 41.3 Å². The highest BCUT2D eigenvalue weighted by Crippen LogP contribution is 2.34. The molecule has 0 aliphatic carbocycles. The summed E-state index contributed by atoms with van der Waals surface area (Å²) in [5, 5.41) is 2.38. The van der Waals surface area contributed by atoms with Crippen molar-refractivity contribution in [1.82, 2.24) is 9.62 Å². The van der Waals surface area contributed by atoms with Crippen LogP contribution in [0.25, 0.3) is 0 Å². The summed E-state index contributed by atoms with van der Waals surface area (Å²) in [6.45, 7) is 1.16. The van der Waals surface area contributed by atoms with Gasteiger partial charge < -0.3 is 4.74 Å². The van der Waals surface area contributed by atoms with Crippen LogP contribution in [0, 0.1) is 0 Å². The minimum absolute atomic E-state index is 0.246. The Morgan fingerprint density at radius 1 is 0.966 bits per heavy atom. The highest BCUT2D eigenvalue weighted by Gasteiger charge is 2.33. The zero-order chi connectivity index (χ0) is 20.2. The fraction of sp³-hybridized carbons (Fsp3) is 0.333. The van der Waals surface area contributed by atoms with Crippen molar-refractivity contribution in [2.24, 2.45) is 0 Å². The summed E-state index contributed by atoms with van der Waals surface area (Å²) in [4.78, 5) is 23.8. The van der Waals surface area contributed by atoms with Crippen molar-refractivity contribution in [3.8, 4) is 5.75 Å². The molecular weight excluding hydrogens is 392 g/mol. The largest absolute Gasteiger partial charge is 0.493 e. The number of carbonyl (C=O) groups excluding carboxylic acids is 2. The molecule has 3 aliphatic heterocycles. The van der Waals surface area contributed by atoms with Crippen molar-refractivity contribution in [3.05, 3.63) is 58.7 Å². The van der Waals surface area contributed by atoms with Gasteiger partial charge in [0.15, 0.2) is 0 Å². The number of rotatable bonds is 3. The lowest BCUT2D eigenvalue weighted by Gasteiger charge is -2.21. The lowest BCUT2D eigenvalue weighted by Crippen LogP contribution is -2.39. The maximum atomic E-state index is 13.2. The molecule has 3 aliphatic rings. The summed E-state index contributed by atoms with van der Waals surface area (Å²) >= 11 is 0. The lowest BCUT2D eigenvalue weighted by atomic mass is 9.89. The highest BCUT2D eigenvalue weighted by molar-refractivity contribution is 7.89. The molecule has 8 heteroatoms. The Labute approximate surface area is 168 Å². The molecule has 5 rings (SSSR count). The number of hydrogen-bond donors (Lipinski definition) is 1. The maximum Gasteiger partial charge on any atom is 0.243 e. The average molecular weight is 412 g/mol. The first kappa shape index (κ1) is 18.3. The first-order valence-electron chi connectivity index (χ1n) is 9.63. The van der Waals surface area contributed by atoms with Crippen LogP contribution in [0.2, 0.25) is 0 Å². The van der Waals surface area contributed by atoms with E-state index in [2.05, 4.69) is 5.32 Å². The number of sulfonamides is 1. The third-order valence-electron chi connectivity index (χ3n) is 5.86. The van der Waals surface area contributed by atoms with E-state index >= 15 is 0 Å². The molecule has 150 valence electrons. The Morgan fingerprint density at radius 2 is 1.79 bits per heavy atom. The van der Waals surface area contributed by atoms with E-state index in [1.165, 1.54) is 4.31 Å². The molecule has 0 aromatic heterocycles. The molecule has 29 heavy (non-hydrogen) atoms. The number of nitrogens with zero attached hydrogens (tertiary/aromatic N) is 1. The summed E-state index contributed by atoms with van der Waals surface area (Å²) in [5.74, 6) is -0.156. The van der Waals surface area contributed by atoms with Crippen LogP contribution in [0.5, 0.6) is 5.75 Å². The normalized spacial score (nSPS) is 21.4. The van der Waals surface area contributed by atoms with Gasteiger partial charge in [0.25, 0.3) is 0 Å². The third-order valence-corrected chi connectivity index (χ3v) is 7.65. The van der Waals surface area contributed by atoms with Crippen molar-refractivity contribution >= 4 is 21.8 Å². The van der Waals surface area contributed by atoms with Gasteiger partial charge in [-0.15, -0.1) is 0 Å². The van der Waals surface area contributed by atoms with Crippen molar-refractivity contribution in [2.75, 3.05) is 6.61 Å². The van der Waals surface area contributed by atoms with E-state index < -0.39 is 10.0 Å². The van der Waals surface area contributed by atoms with Crippen LogP contribution < -0.4 is 10.1 Å². The van der Waals surface area contributed by atoms with Gasteiger partial charge in [0.2, 0.25) is 21.8 Å². The minimum atomic E-state index is -3.63. The molecule has 1 unspecified atom stereocenters. The second-order valence-corrected chi connectivity index (χ2v) is 9.61. The molecule has 2 aromatic carbocycles. The van der Waals surface area contributed by atoms with Gasteiger partial charge in [0, 0.05) is 25.9 Å². The summed E-state index contributed by atoms with van der Waals surface area (Å²) in [7, 11) is -3.63. The van der Waals surface area contributed by atoms with Crippen LogP contribution in [0.4, 0.5) is 0 Å². The van der Waals surface area contributed by atoms with E-state index in [0.717, 1.165) is 28.0 Å². The molecule has 2 aromatic rings. The van der Waals surface area contributed by atoms with Crippen LogP contribution in [0.1, 0.15) is 41.0 Å². The molecule has 0 radical (unpaired) electrons. The molecule has 1 saturated heterocycles. The molecule has 0 bridgehead atoms. The number of nitrogens with one attached hydrogen (secondary N) is 1. The second kappa shape index (κ2) is 6.67. The number of hydrogen-bond acceptors (Lipinski definition) is 5. The number of carbonyl (C=O) groups is 2. The Morgan fingerprint density at radius 3 is 2.62 bits per heavy atom. The Hall–Kier alpha value is -2.71. The first-order chi connectivity index (χ1) is 13.9. The van der Waals surface area contributed by atoms with Crippen LogP contribution in [0.3, 0.4) is 0 Å². The molecule has 0 spiro atoms. The van der Waals surface area contributed by atoms with Gasteiger partial charge in [-0.05, 0) is 46.9 Å². The standard InChI is InChI=1S/C21H20N2O5S/c24-20-6-4-18(21(25)22-20)13-1-2-15-11-23(12-16(15)9-13)29(26,27)17-3-5-19-14(10-17)7-8-28-19/h1-3,5,9-10,18H,4,6-8,11-12H2,(H,22,24,25). The van der Waals surface area contributed by atoms with Gasteiger partial charge >= 0.3 is 0 Å². The molecule has 2 amide bonds. The highest BCUT2D eigenvalue weighted by atomic mass is 32.2. The fourth-order valence-electron chi connectivity index (χ4n) is 4.25. The predicted molar refractivity (Wildman–Crippen MR) is 104 cm³/mol. The first-order valence-corrected chi connectivity index (χ1v) is 11.1. The van der Waals surface area contributed by atoms with E-state index in [0.29, 0.717) is 32.4 Å². The van der Waals surface area contributed by atoms with E-state index in [4.69, 9.17) is 4.74 Å². The topological polar surface area (TPSA) is 92.8 Å².